The lowest BCUT2D eigenvalue weighted by atomic mass is 10.3. The van der Waals surface area contributed by atoms with Gasteiger partial charge in [0, 0.05) is 23.7 Å². The van der Waals surface area contributed by atoms with Gasteiger partial charge in [-0.2, -0.15) is 0 Å². The van der Waals surface area contributed by atoms with E-state index in [1.165, 1.54) is 11.3 Å². The van der Waals surface area contributed by atoms with Gasteiger partial charge < -0.3 is 10.2 Å². The molecular formula is C12H24ClN3S. The van der Waals surface area contributed by atoms with Crippen LogP contribution in [0.25, 0.3) is 0 Å². The molecule has 0 aliphatic carbocycles. The van der Waals surface area contributed by atoms with Crippen molar-refractivity contribution < 1.29 is 0 Å². The molecule has 1 aromatic rings. The number of aromatic nitrogens is 1. The minimum atomic E-state index is 0. The molecule has 0 amide bonds. The van der Waals surface area contributed by atoms with Gasteiger partial charge in [0.2, 0.25) is 0 Å². The van der Waals surface area contributed by atoms with E-state index in [0.29, 0.717) is 6.04 Å². The molecular weight excluding hydrogens is 254 g/mol. The molecule has 0 fully saturated rings. The second-order valence-corrected chi connectivity index (χ2v) is 5.77. The standard InChI is InChI=1S/C12H23N3S.ClH/c1-10(2)15(4)7-5-6-13-8-12-9-14-11(3)16-12;/h9-10,13H,5-8H2,1-4H3;1H. The normalized spacial score (nSPS) is 10.9. The molecule has 0 saturated carbocycles. The predicted molar refractivity (Wildman–Crippen MR) is 78.2 cm³/mol. The van der Waals surface area contributed by atoms with Gasteiger partial charge >= 0.3 is 0 Å². The van der Waals surface area contributed by atoms with E-state index in [4.69, 9.17) is 0 Å². The van der Waals surface area contributed by atoms with Crippen LogP contribution in [0.1, 0.15) is 30.2 Å². The van der Waals surface area contributed by atoms with Crippen LogP contribution in [0.5, 0.6) is 0 Å². The number of thiazole rings is 1. The maximum atomic E-state index is 4.24. The molecule has 0 aliphatic heterocycles. The third-order valence-electron chi connectivity index (χ3n) is 2.71. The number of nitrogens with one attached hydrogen (secondary N) is 1. The molecule has 1 rings (SSSR count). The molecule has 0 atom stereocenters. The molecule has 5 heteroatoms. The van der Waals surface area contributed by atoms with Gasteiger partial charge in [-0.05, 0) is 47.3 Å². The first-order valence-electron chi connectivity index (χ1n) is 5.92. The van der Waals surface area contributed by atoms with Crippen LogP contribution in [0.4, 0.5) is 0 Å². The largest absolute Gasteiger partial charge is 0.312 e. The molecule has 0 spiro atoms. The van der Waals surface area contributed by atoms with Crippen LogP contribution in [0, 0.1) is 6.92 Å². The fourth-order valence-electron chi connectivity index (χ4n) is 1.41. The Labute approximate surface area is 115 Å². The Balaban J connectivity index is 0.00000256. The topological polar surface area (TPSA) is 28.2 Å². The van der Waals surface area contributed by atoms with Gasteiger partial charge in [-0.25, -0.2) is 4.98 Å². The van der Waals surface area contributed by atoms with Crippen LogP contribution in [0.3, 0.4) is 0 Å². The number of hydrogen-bond acceptors (Lipinski definition) is 4. The monoisotopic (exact) mass is 277 g/mol. The van der Waals surface area contributed by atoms with Gasteiger partial charge in [-0.1, -0.05) is 0 Å². The zero-order valence-electron chi connectivity index (χ0n) is 11.2. The SMILES string of the molecule is Cc1ncc(CNCCCN(C)C(C)C)s1.Cl. The highest BCUT2D eigenvalue weighted by atomic mass is 35.5. The summed E-state index contributed by atoms with van der Waals surface area (Å²) in [5, 5.41) is 4.60. The van der Waals surface area contributed by atoms with Crippen molar-refractivity contribution in [2.45, 2.75) is 39.8 Å². The van der Waals surface area contributed by atoms with Gasteiger partial charge in [0.25, 0.3) is 0 Å². The summed E-state index contributed by atoms with van der Waals surface area (Å²) >= 11 is 1.77. The van der Waals surface area contributed by atoms with Crippen LogP contribution in [0.15, 0.2) is 6.20 Å². The third-order valence-corrected chi connectivity index (χ3v) is 3.63. The zero-order valence-corrected chi connectivity index (χ0v) is 12.8. The lowest BCUT2D eigenvalue weighted by molar-refractivity contribution is 0.269. The summed E-state index contributed by atoms with van der Waals surface area (Å²) in [5.41, 5.74) is 0. The zero-order chi connectivity index (χ0) is 12.0. The van der Waals surface area contributed by atoms with E-state index in [-0.39, 0.29) is 12.4 Å². The van der Waals surface area contributed by atoms with Crippen molar-refractivity contribution in [3.8, 4) is 0 Å². The Morgan fingerprint density at radius 2 is 2.18 bits per heavy atom. The summed E-state index contributed by atoms with van der Waals surface area (Å²) in [7, 11) is 2.18. The van der Waals surface area contributed by atoms with E-state index in [0.717, 1.165) is 24.6 Å². The lowest BCUT2D eigenvalue weighted by Gasteiger charge is -2.20. The molecule has 0 bridgehead atoms. The van der Waals surface area contributed by atoms with E-state index in [1.807, 2.05) is 13.1 Å². The maximum Gasteiger partial charge on any atom is 0.0897 e. The van der Waals surface area contributed by atoms with Gasteiger partial charge in [0.05, 0.1) is 5.01 Å². The smallest absolute Gasteiger partial charge is 0.0897 e. The molecule has 0 radical (unpaired) electrons. The van der Waals surface area contributed by atoms with Crippen molar-refractivity contribution >= 4 is 23.7 Å². The molecule has 1 aromatic heterocycles. The van der Waals surface area contributed by atoms with Crippen LogP contribution >= 0.6 is 23.7 Å². The van der Waals surface area contributed by atoms with Crippen molar-refractivity contribution in [3.63, 3.8) is 0 Å². The Kier molecular flexibility index (Phi) is 8.78. The van der Waals surface area contributed by atoms with Gasteiger partial charge in [0.15, 0.2) is 0 Å². The highest BCUT2D eigenvalue weighted by Crippen LogP contribution is 2.10. The van der Waals surface area contributed by atoms with Crippen LogP contribution in [-0.2, 0) is 6.54 Å². The first-order chi connectivity index (χ1) is 7.59. The summed E-state index contributed by atoms with van der Waals surface area (Å²) in [6.07, 6.45) is 3.17. The highest BCUT2D eigenvalue weighted by molar-refractivity contribution is 7.11. The molecule has 100 valence electrons. The Bertz CT molecular complexity index is 302. The van der Waals surface area contributed by atoms with Gasteiger partial charge in [-0.15, -0.1) is 23.7 Å². The summed E-state index contributed by atoms with van der Waals surface area (Å²) < 4.78 is 0. The molecule has 0 unspecified atom stereocenters. The number of rotatable bonds is 7. The lowest BCUT2D eigenvalue weighted by Crippen LogP contribution is -2.29. The fraction of sp³-hybridized carbons (Fsp3) is 0.750. The van der Waals surface area contributed by atoms with Gasteiger partial charge in [0.1, 0.15) is 0 Å². The average Bonchev–Trinajstić information content (AvgIpc) is 2.63. The summed E-state index contributed by atoms with van der Waals surface area (Å²) in [6.45, 7) is 9.70. The molecule has 17 heavy (non-hydrogen) atoms. The van der Waals surface area contributed by atoms with Crippen molar-refractivity contribution in [3.05, 3.63) is 16.1 Å². The van der Waals surface area contributed by atoms with E-state index >= 15 is 0 Å². The summed E-state index contributed by atoms with van der Waals surface area (Å²) in [5.74, 6) is 0. The van der Waals surface area contributed by atoms with E-state index < -0.39 is 0 Å². The Hall–Kier alpha value is -0.160. The van der Waals surface area contributed by atoms with Crippen molar-refractivity contribution in [2.24, 2.45) is 0 Å². The fourth-order valence-corrected chi connectivity index (χ4v) is 2.17. The van der Waals surface area contributed by atoms with Crippen molar-refractivity contribution in [1.29, 1.82) is 0 Å². The van der Waals surface area contributed by atoms with E-state index in [9.17, 15) is 0 Å². The van der Waals surface area contributed by atoms with Crippen molar-refractivity contribution in [1.82, 2.24) is 15.2 Å². The highest BCUT2D eigenvalue weighted by Gasteiger charge is 2.02. The third kappa shape index (κ3) is 6.99. The second kappa shape index (κ2) is 8.86. The first-order valence-corrected chi connectivity index (χ1v) is 6.73. The number of nitrogens with zero attached hydrogens (tertiary/aromatic N) is 2. The number of hydrogen-bond donors (Lipinski definition) is 1. The predicted octanol–water partition coefficient (Wildman–Crippen LogP) is 2.69. The maximum absolute atomic E-state index is 4.24. The van der Waals surface area contributed by atoms with Gasteiger partial charge in [-0.3, -0.25) is 0 Å². The summed E-state index contributed by atoms with van der Waals surface area (Å²) in [6, 6.07) is 0.643. The van der Waals surface area contributed by atoms with E-state index in [2.05, 4.69) is 36.1 Å². The molecule has 0 saturated heterocycles. The van der Waals surface area contributed by atoms with E-state index in [1.54, 1.807) is 11.3 Å². The minimum Gasteiger partial charge on any atom is -0.312 e. The second-order valence-electron chi connectivity index (χ2n) is 4.45. The quantitative estimate of drug-likeness (QED) is 0.777. The molecule has 0 aliphatic rings. The Morgan fingerprint density at radius 1 is 1.47 bits per heavy atom. The molecule has 1 heterocycles. The molecule has 3 nitrogen and oxygen atoms in total. The minimum absolute atomic E-state index is 0. The number of aryl methyl sites for hydroxylation is 1. The van der Waals surface area contributed by atoms with Crippen LogP contribution in [0.2, 0.25) is 0 Å². The van der Waals surface area contributed by atoms with Crippen LogP contribution < -0.4 is 5.32 Å². The van der Waals surface area contributed by atoms with Crippen molar-refractivity contribution in [2.75, 3.05) is 20.1 Å². The Morgan fingerprint density at radius 3 is 2.71 bits per heavy atom. The molecule has 0 aromatic carbocycles. The number of halogens is 1. The average molecular weight is 278 g/mol. The summed E-state index contributed by atoms with van der Waals surface area (Å²) in [4.78, 5) is 7.94. The first kappa shape index (κ1) is 16.8. The van der Waals surface area contributed by atoms with Crippen LogP contribution in [-0.4, -0.2) is 36.1 Å². The molecule has 1 N–H and O–H groups in total.